The molecule has 0 aromatic carbocycles. The first kappa shape index (κ1) is 9.10. The lowest BCUT2D eigenvalue weighted by atomic mass is 10.1. The molecule has 0 radical (unpaired) electrons. The Hall–Kier alpha value is -0.990. The van der Waals surface area contributed by atoms with Gasteiger partial charge in [0, 0.05) is 5.69 Å². The highest BCUT2D eigenvalue weighted by molar-refractivity contribution is 5.25. The molecule has 12 heavy (non-hydrogen) atoms. The van der Waals surface area contributed by atoms with Crippen molar-refractivity contribution in [1.29, 1.82) is 0 Å². The van der Waals surface area contributed by atoms with Gasteiger partial charge in [0.05, 0.1) is 5.69 Å². The Kier molecular flexibility index (Phi) is 3.14. The molecule has 0 atom stereocenters. The van der Waals surface area contributed by atoms with E-state index >= 15 is 0 Å². The summed E-state index contributed by atoms with van der Waals surface area (Å²) in [5.74, 6) is 0.541. The van der Waals surface area contributed by atoms with Crippen LogP contribution in [-0.4, -0.2) is 9.97 Å². The van der Waals surface area contributed by atoms with Crippen molar-refractivity contribution < 1.29 is 0 Å². The SMILES string of the molecule is CCCCCc1nc(N)[nH]c1C. The van der Waals surface area contributed by atoms with Gasteiger partial charge in [-0.15, -0.1) is 0 Å². The van der Waals surface area contributed by atoms with E-state index in [1.807, 2.05) is 6.92 Å². The van der Waals surface area contributed by atoms with E-state index in [0.29, 0.717) is 5.95 Å². The molecule has 0 aliphatic heterocycles. The van der Waals surface area contributed by atoms with Crippen molar-refractivity contribution in [3.8, 4) is 0 Å². The first-order valence-electron chi connectivity index (χ1n) is 4.55. The van der Waals surface area contributed by atoms with Crippen LogP contribution < -0.4 is 5.73 Å². The highest BCUT2D eigenvalue weighted by Gasteiger charge is 2.02. The molecule has 68 valence electrons. The summed E-state index contributed by atoms with van der Waals surface area (Å²) in [6.07, 6.45) is 4.78. The fourth-order valence-corrected chi connectivity index (χ4v) is 1.31. The summed E-state index contributed by atoms with van der Waals surface area (Å²) >= 11 is 0. The average molecular weight is 167 g/mol. The zero-order valence-corrected chi connectivity index (χ0v) is 7.85. The molecule has 0 saturated heterocycles. The van der Waals surface area contributed by atoms with E-state index in [1.54, 1.807) is 0 Å². The lowest BCUT2D eigenvalue weighted by Crippen LogP contribution is -1.89. The van der Waals surface area contributed by atoms with Crippen molar-refractivity contribution in [3.05, 3.63) is 11.4 Å². The largest absolute Gasteiger partial charge is 0.369 e. The number of nitrogen functional groups attached to an aromatic ring is 1. The van der Waals surface area contributed by atoms with Crippen LogP contribution in [0, 0.1) is 6.92 Å². The number of hydrogen-bond acceptors (Lipinski definition) is 2. The van der Waals surface area contributed by atoms with E-state index in [9.17, 15) is 0 Å². The molecule has 3 heteroatoms. The number of rotatable bonds is 4. The lowest BCUT2D eigenvalue weighted by molar-refractivity contribution is 0.707. The maximum absolute atomic E-state index is 5.52. The van der Waals surface area contributed by atoms with Crippen molar-refractivity contribution in [2.45, 2.75) is 39.5 Å². The summed E-state index contributed by atoms with van der Waals surface area (Å²) in [4.78, 5) is 7.21. The summed E-state index contributed by atoms with van der Waals surface area (Å²) in [5.41, 5.74) is 7.76. The van der Waals surface area contributed by atoms with E-state index < -0.39 is 0 Å². The van der Waals surface area contributed by atoms with Gasteiger partial charge in [-0.05, 0) is 19.8 Å². The molecule has 0 unspecified atom stereocenters. The highest BCUT2D eigenvalue weighted by Crippen LogP contribution is 2.10. The molecule has 0 saturated carbocycles. The van der Waals surface area contributed by atoms with Crippen LogP contribution >= 0.6 is 0 Å². The van der Waals surface area contributed by atoms with E-state index in [0.717, 1.165) is 17.8 Å². The smallest absolute Gasteiger partial charge is 0.197 e. The number of aromatic amines is 1. The summed E-state index contributed by atoms with van der Waals surface area (Å²) in [7, 11) is 0. The van der Waals surface area contributed by atoms with Crippen LogP contribution in [0.1, 0.15) is 37.6 Å². The average Bonchev–Trinajstić information content (AvgIpc) is 2.31. The highest BCUT2D eigenvalue weighted by atomic mass is 15.0. The molecule has 0 fully saturated rings. The number of H-pyrrole nitrogens is 1. The van der Waals surface area contributed by atoms with Crippen LogP contribution in [0.15, 0.2) is 0 Å². The van der Waals surface area contributed by atoms with Crippen molar-refractivity contribution in [3.63, 3.8) is 0 Å². The Morgan fingerprint density at radius 2 is 2.17 bits per heavy atom. The third-order valence-electron chi connectivity index (χ3n) is 2.02. The molecule has 3 nitrogen and oxygen atoms in total. The molecule has 0 aliphatic rings. The van der Waals surface area contributed by atoms with Crippen molar-refractivity contribution in [2.24, 2.45) is 0 Å². The van der Waals surface area contributed by atoms with Crippen molar-refractivity contribution in [1.82, 2.24) is 9.97 Å². The number of imidazole rings is 1. The maximum Gasteiger partial charge on any atom is 0.197 e. The predicted molar refractivity (Wildman–Crippen MR) is 51.0 cm³/mol. The molecule has 0 amide bonds. The fraction of sp³-hybridized carbons (Fsp3) is 0.667. The van der Waals surface area contributed by atoms with Gasteiger partial charge < -0.3 is 10.7 Å². The molecule has 0 spiro atoms. The molecular formula is C9H17N3. The molecule has 1 aromatic heterocycles. The van der Waals surface area contributed by atoms with Gasteiger partial charge in [-0.1, -0.05) is 19.8 Å². The minimum atomic E-state index is 0.541. The van der Waals surface area contributed by atoms with Crippen LogP contribution in [-0.2, 0) is 6.42 Å². The van der Waals surface area contributed by atoms with E-state index in [2.05, 4.69) is 16.9 Å². The van der Waals surface area contributed by atoms with Gasteiger partial charge in [0.15, 0.2) is 5.95 Å². The van der Waals surface area contributed by atoms with Gasteiger partial charge >= 0.3 is 0 Å². The van der Waals surface area contributed by atoms with Crippen LogP contribution in [0.25, 0.3) is 0 Å². The summed E-state index contributed by atoms with van der Waals surface area (Å²) < 4.78 is 0. The predicted octanol–water partition coefficient (Wildman–Crippen LogP) is 2.03. The van der Waals surface area contributed by atoms with Crippen LogP contribution in [0.3, 0.4) is 0 Å². The summed E-state index contributed by atoms with van der Waals surface area (Å²) in [6, 6.07) is 0. The molecule has 3 N–H and O–H groups in total. The van der Waals surface area contributed by atoms with Crippen molar-refractivity contribution in [2.75, 3.05) is 5.73 Å². The number of nitrogens with zero attached hydrogens (tertiary/aromatic N) is 1. The Bertz CT molecular complexity index is 240. The van der Waals surface area contributed by atoms with Crippen LogP contribution in [0.5, 0.6) is 0 Å². The summed E-state index contributed by atoms with van der Waals surface area (Å²) in [6.45, 7) is 4.22. The fourth-order valence-electron chi connectivity index (χ4n) is 1.31. The number of unbranched alkanes of at least 4 members (excludes halogenated alkanes) is 2. The number of aryl methyl sites for hydroxylation is 2. The summed E-state index contributed by atoms with van der Waals surface area (Å²) in [5, 5.41) is 0. The number of aromatic nitrogens is 2. The van der Waals surface area contributed by atoms with Crippen LogP contribution in [0.2, 0.25) is 0 Å². The Balaban J connectivity index is 2.45. The van der Waals surface area contributed by atoms with Crippen molar-refractivity contribution >= 4 is 5.95 Å². The van der Waals surface area contributed by atoms with Gasteiger partial charge in [-0.2, -0.15) is 0 Å². The quantitative estimate of drug-likeness (QED) is 0.674. The number of nitrogens with one attached hydrogen (secondary N) is 1. The number of hydrogen-bond donors (Lipinski definition) is 2. The Morgan fingerprint density at radius 3 is 2.67 bits per heavy atom. The van der Waals surface area contributed by atoms with Gasteiger partial charge in [-0.3, -0.25) is 0 Å². The van der Waals surface area contributed by atoms with Crippen LogP contribution in [0.4, 0.5) is 5.95 Å². The zero-order chi connectivity index (χ0) is 8.97. The Morgan fingerprint density at radius 1 is 1.42 bits per heavy atom. The third-order valence-corrected chi connectivity index (χ3v) is 2.02. The second-order valence-electron chi connectivity index (χ2n) is 3.15. The molecule has 1 rings (SSSR count). The third kappa shape index (κ3) is 2.26. The van der Waals surface area contributed by atoms with Gasteiger partial charge in [0.25, 0.3) is 0 Å². The van der Waals surface area contributed by atoms with Gasteiger partial charge in [-0.25, -0.2) is 4.98 Å². The first-order chi connectivity index (χ1) is 5.74. The molecule has 1 aromatic rings. The topological polar surface area (TPSA) is 54.7 Å². The molecule has 0 aliphatic carbocycles. The number of anilines is 1. The minimum absolute atomic E-state index is 0.541. The van der Waals surface area contributed by atoms with Gasteiger partial charge in [0.2, 0.25) is 0 Å². The lowest BCUT2D eigenvalue weighted by Gasteiger charge is -1.95. The molecular weight excluding hydrogens is 150 g/mol. The standard InChI is InChI=1S/C9H17N3/c1-3-4-5-6-8-7(2)11-9(10)12-8/h3-6H2,1-2H3,(H3,10,11,12). The molecule has 0 bridgehead atoms. The van der Waals surface area contributed by atoms with E-state index in [4.69, 9.17) is 5.73 Å². The van der Waals surface area contributed by atoms with E-state index in [1.165, 1.54) is 19.3 Å². The zero-order valence-electron chi connectivity index (χ0n) is 7.85. The minimum Gasteiger partial charge on any atom is -0.369 e. The van der Waals surface area contributed by atoms with Gasteiger partial charge in [0.1, 0.15) is 0 Å². The second kappa shape index (κ2) is 4.14. The first-order valence-corrected chi connectivity index (χ1v) is 4.55. The Labute approximate surface area is 73.4 Å². The number of nitrogens with two attached hydrogens (primary N) is 1. The maximum atomic E-state index is 5.52. The molecule has 1 heterocycles. The normalized spacial score (nSPS) is 10.5. The second-order valence-corrected chi connectivity index (χ2v) is 3.15. The monoisotopic (exact) mass is 167 g/mol. The van der Waals surface area contributed by atoms with E-state index in [-0.39, 0.29) is 0 Å².